The summed E-state index contributed by atoms with van der Waals surface area (Å²) >= 11 is 0. The maximum atomic E-state index is 14.3. The second-order valence-corrected chi connectivity index (χ2v) is 15.0. The zero-order chi connectivity index (χ0) is 34.8. The second-order valence-electron chi connectivity index (χ2n) is 13.1. The number of nitriles is 1. The van der Waals surface area contributed by atoms with E-state index in [0.29, 0.717) is 34.6 Å². The number of carboxylic acids is 1. The molecule has 0 aliphatic carbocycles. The zero-order valence-electron chi connectivity index (χ0n) is 26.8. The van der Waals surface area contributed by atoms with Crippen LogP contribution in [0.4, 0.5) is 19.0 Å². The fourth-order valence-electron chi connectivity index (χ4n) is 6.94. The minimum atomic E-state index is -4.74. The molecule has 2 aliphatic heterocycles. The Morgan fingerprint density at radius 2 is 1.90 bits per heavy atom. The Balaban J connectivity index is 1.46. The van der Waals surface area contributed by atoms with Crippen LogP contribution in [0.5, 0.6) is 0 Å². The first-order valence-corrected chi connectivity index (χ1v) is 16.9. The number of carbonyl (C=O) groups is 1. The van der Waals surface area contributed by atoms with E-state index in [2.05, 4.69) is 15.2 Å². The van der Waals surface area contributed by atoms with Crippen molar-refractivity contribution in [2.75, 3.05) is 18.0 Å². The molecular weight excluding hydrogens is 647 g/mol. The summed E-state index contributed by atoms with van der Waals surface area (Å²) in [6.07, 6.45) is 0.422. The molecule has 2 aliphatic rings. The molecular formula is C33H34F3N7O4S. The summed E-state index contributed by atoms with van der Waals surface area (Å²) in [5.41, 5.74) is 1.39. The molecule has 6 rings (SSSR count). The second kappa shape index (κ2) is 11.9. The predicted molar refractivity (Wildman–Crippen MR) is 169 cm³/mol. The first-order valence-electron chi connectivity index (χ1n) is 15.5. The van der Waals surface area contributed by atoms with Crippen molar-refractivity contribution in [2.45, 2.75) is 76.5 Å². The van der Waals surface area contributed by atoms with Crippen LogP contribution in [-0.2, 0) is 27.5 Å². The van der Waals surface area contributed by atoms with Gasteiger partial charge < -0.3 is 10.0 Å². The number of piperidine rings is 1. The van der Waals surface area contributed by atoms with E-state index in [1.54, 1.807) is 39.0 Å². The number of hydrogen-bond donors (Lipinski definition) is 1. The van der Waals surface area contributed by atoms with E-state index in [9.17, 15) is 36.8 Å². The number of anilines is 1. The Bertz CT molecular complexity index is 2090. The lowest BCUT2D eigenvalue weighted by Gasteiger charge is -2.36. The molecule has 1 saturated heterocycles. The number of aliphatic carboxylic acids is 1. The van der Waals surface area contributed by atoms with Gasteiger partial charge in [0, 0.05) is 44.0 Å². The molecule has 2 atom stereocenters. The number of rotatable bonds is 6. The number of alkyl halides is 3. The van der Waals surface area contributed by atoms with Gasteiger partial charge in [0.25, 0.3) is 0 Å². The first kappa shape index (κ1) is 33.4. The number of fused-ring (bicyclic) bond motifs is 4. The Morgan fingerprint density at radius 1 is 1.15 bits per heavy atom. The van der Waals surface area contributed by atoms with Crippen molar-refractivity contribution in [3.8, 4) is 6.07 Å². The van der Waals surface area contributed by atoms with Crippen LogP contribution < -0.4 is 4.90 Å². The molecule has 5 heterocycles. The number of halogens is 3. The number of nitrogens with zero attached hydrogens (tertiary/aromatic N) is 7. The van der Waals surface area contributed by atoms with Crippen molar-refractivity contribution in [1.82, 2.24) is 23.9 Å². The van der Waals surface area contributed by atoms with E-state index in [4.69, 9.17) is 0 Å². The highest BCUT2D eigenvalue weighted by Crippen LogP contribution is 2.44. The van der Waals surface area contributed by atoms with Gasteiger partial charge in [-0.3, -0.25) is 9.20 Å². The van der Waals surface area contributed by atoms with Crippen LogP contribution in [0.25, 0.3) is 5.65 Å². The third-order valence-electron chi connectivity index (χ3n) is 9.65. The quantitative estimate of drug-likeness (QED) is 0.281. The molecule has 0 radical (unpaired) electrons. The fourth-order valence-corrected chi connectivity index (χ4v) is 8.57. The highest BCUT2D eigenvalue weighted by Gasteiger charge is 2.43. The van der Waals surface area contributed by atoms with Crippen LogP contribution in [-0.4, -0.2) is 62.5 Å². The molecule has 4 aromatic rings. The van der Waals surface area contributed by atoms with Gasteiger partial charge in [0.05, 0.1) is 11.0 Å². The zero-order valence-corrected chi connectivity index (χ0v) is 27.6. The molecule has 0 unspecified atom stereocenters. The highest BCUT2D eigenvalue weighted by atomic mass is 32.2. The average molecular weight is 682 g/mol. The number of sulfonamides is 1. The van der Waals surface area contributed by atoms with Gasteiger partial charge in [0.2, 0.25) is 15.8 Å². The van der Waals surface area contributed by atoms with Gasteiger partial charge in [-0.1, -0.05) is 18.2 Å². The Hall–Kier alpha value is -4.55. The lowest BCUT2D eigenvalue weighted by atomic mass is 9.70. The molecule has 0 amide bonds. The third-order valence-corrected chi connectivity index (χ3v) is 11.5. The summed E-state index contributed by atoms with van der Waals surface area (Å²) in [7, 11) is -4.12. The van der Waals surface area contributed by atoms with Gasteiger partial charge in [0.1, 0.15) is 16.8 Å². The van der Waals surface area contributed by atoms with Crippen molar-refractivity contribution in [3.05, 3.63) is 81.9 Å². The van der Waals surface area contributed by atoms with Crippen molar-refractivity contribution in [2.24, 2.45) is 5.41 Å². The van der Waals surface area contributed by atoms with E-state index < -0.39 is 39.3 Å². The SMILES string of the molecule is Cc1ccc([C@H](c2ccn3c(C(F)(F)F)nnc3c2C)C(C)(C)C(=O)O)cc1CN1C[C@@H]2CCCCN2c2ncc(C#N)cc2S1(=O)=O. The fraction of sp³-hybridized carbons (Fsp3) is 0.424. The Morgan fingerprint density at radius 3 is 2.58 bits per heavy atom. The monoisotopic (exact) mass is 681 g/mol. The minimum absolute atomic E-state index is 0.0277. The van der Waals surface area contributed by atoms with Crippen molar-refractivity contribution < 1.29 is 31.5 Å². The largest absolute Gasteiger partial charge is 0.481 e. The number of carboxylic acid groups (broad SMARTS) is 1. The van der Waals surface area contributed by atoms with E-state index in [1.165, 1.54) is 28.8 Å². The van der Waals surface area contributed by atoms with Crippen LogP contribution in [0.15, 0.2) is 47.6 Å². The molecule has 0 bridgehead atoms. The summed E-state index contributed by atoms with van der Waals surface area (Å²) in [5, 5.41) is 27.0. The van der Waals surface area contributed by atoms with E-state index in [1.807, 2.05) is 17.9 Å². The molecule has 48 heavy (non-hydrogen) atoms. The summed E-state index contributed by atoms with van der Waals surface area (Å²) < 4.78 is 71.6. The number of pyridine rings is 2. The maximum Gasteiger partial charge on any atom is 0.452 e. The number of aromatic nitrogens is 4. The van der Waals surface area contributed by atoms with Crippen molar-refractivity contribution in [3.63, 3.8) is 0 Å². The standard InChI is InChI=1S/C33H34F3N7O4S/c1-19-8-9-22(27(32(3,4)31(44)45)25-10-12-43-28(20(25)2)39-40-30(43)33(34,35)36)14-23(19)17-41-18-24-7-5-6-11-42(24)29-26(48(41,46)47)13-21(15-37)16-38-29/h8-10,12-14,16,24,27H,5-7,11,17-18H2,1-4H3,(H,44,45)/t24-,27+/m0/s1. The van der Waals surface area contributed by atoms with E-state index in [-0.39, 0.29) is 35.2 Å². The molecule has 15 heteroatoms. The number of aryl methyl sites for hydroxylation is 2. The van der Waals surface area contributed by atoms with Crippen molar-refractivity contribution >= 4 is 27.5 Å². The maximum absolute atomic E-state index is 14.3. The van der Waals surface area contributed by atoms with E-state index >= 15 is 0 Å². The van der Waals surface area contributed by atoms with Gasteiger partial charge in [-0.15, -0.1) is 10.2 Å². The van der Waals surface area contributed by atoms with Gasteiger partial charge in [0.15, 0.2) is 5.65 Å². The highest BCUT2D eigenvalue weighted by molar-refractivity contribution is 7.89. The van der Waals surface area contributed by atoms with Crippen LogP contribution in [0.2, 0.25) is 0 Å². The lowest BCUT2D eigenvalue weighted by Crippen LogP contribution is -2.45. The molecule has 1 N–H and O–H groups in total. The first-order chi connectivity index (χ1) is 22.5. The topological polar surface area (TPSA) is 145 Å². The third kappa shape index (κ3) is 5.56. The summed E-state index contributed by atoms with van der Waals surface area (Å²) in [6.45, 7) is 7.31. The number of hydrogen-bond acceptors (Lipinski definition) is 8. The lowest BCUT2D eigenvalue weighted by molar-refractivity contribution is -0.147. The molecule has 0 spiro atoms. The molecule has 252 valence electrons. The molecule has 1 fully saturated rings. The number of benzene rings is 1. The summed E-state index contributed by atoms with van der Waals surface area (Å²) in [4.78, 5) is 19.1. The van der Waals surface area contributed by atoms with Crippen molar-refractivity contribution in [1.29, 1.82) is 5.26 Å². The van der Waals surface area contributed by atoms with Gasteiger partial charge in [-0.25, -0.2) is 13.4 Å². The van der Waals surface area contributed by atoms with Gasteiger partial charge in [-0.2, -0.15) is 22.7 Å². The Kier molecular flexibility index (Phi) is 8.23. The molecule has 0 saturated carbocycles. The Labute approximate surface area is 275 Å². The van der Waals surface area contributed by atoms with Crippen LogP contribution >= 0.6 is 0 Å². The smallest absolute Gasteiger partial charge is 0.452 e. The summed E-state index contributed by atoms with van der Waals surface area (Å²) in [5.74, 6) is -2.84. The minimum Gasteiger partial charge on any atom is -0.481 e. The van der Waals surface area contributed by atoms with E-state index in [0.717, 1.165) is 29.2 Å². The molecule has 11 nitrogen and oxygen atoms in total. The van der Waals surface area contributed by atoms with Gasteiger partial charge >= 0.3 is 12.1 Å². The molecule has 3 aromatic heterocycles. The average Bonchev–Trinajstić information content (AvgIpc) is 3.46. The normalized spacial score (nSPS) is 18.9. The van der Waals surface area contributed by atoms with Crippen LogP contribution in [0.1, 0.15) is 78.2 Å². The predicted octanol–water partition coefficient (Wildman–Crippen LogP) is 5.44. The van der Waals surface area contributed by atoms with Crippen LogP contribution in [0.3, 0.4) is 0 Å². The molecule has 1 aromatic carbocycles. The van der Waals surface area contributed by atoms with Gasteiger partial charge in [-0.05, 0) is 86.9 Å². The summed E-state index contributed by atoms with van der Waals surface area (Å²) in [6, 6.07) is 10.0. The van der Waals surface area contributed by atoms with Crippen LogP contribution in [0, 0.1) is 30.6 Å².